The molecule has 1 atom stereocenters. The van der Waals surface area contributed by atoms with Crippen LogP contribution in [0.1, 0.15) is 25.7 Å². The molecular formula is C15H23N5O2S. The average molecular weight is 337 g/mol. The molecule has 1 aromatic heterocycles. The molecule has 8 heteroatoms. The summed E-state index contributed by atoms with van der Waals surface area (Å²) in [5.74, 6) is 1.86. The number of hydrogen-bond acceptors (Lipinski definition) is 6. The minimum absolute atomic E-state index is 0.237. The van der Waals surface area contributed by atoms with Crippen molar-refractivity contribution in [2.75, 3.05) is 43.6 Å². The van der Waals surface area contributed by atoms with E-state index in [1.807, 2.05) is 6.07 Å². The number of ether oxygens (including phenoxy) is 2. The Morgan fingerprint density at radius 1 is 1.39 bits per heavy atom. The van der Waals surface area contributed by atoms with Crippen LogP contribution >= 0.6 is 12.2 Å². The third-order valence-corrected chi connectivity index (χ3v) is 4.31. The van der Waals surface area contributed by atoms with E-state index in [1.165, 1.54) is 12.8 Å². The van der Waals surface area contributed by atoms with E-state index < -0.39 is 0 Å². The maximum atomic E-state index is 5.57. The molecule has 7 nitrogen and oxygen atoms in total. The standard InChI is InChI=1S/C15H23N5O2S/c1-21-13-9-12(20-6-2-3-7-20)17-14(18-13)19-15(23)16-10-11-5-4-8-22-11/h9,11H,2-8,10H2,1H3,(H2,16,17,18,19,23)/t11-/m0/s1. The van der Waals surface area contributed by atoms with E-state index >= 15 is 0 Å². The van der Waals surface area contributed by atoms with Gasteiger partial charge in [0.25, 0.3) is 0 Å². The van der Waals surface area contributed by atoms with Gasteiger partial charge in [0.15, 0.2) is 5.11 Å². The van der Waals surface area contributed by atoms with E-state index in [1.54, 1.807) is 7.11 Å². The average Bonchev–Trinajstić information content (AvgIpc) is 3.26. The first-order chi connectivity index (χ1) is 11.2. The lowest BCUT2D eigenvalue weighted by Crippen LogP contribution is -2.35. The molecule has 0 bridgehead atoms. The van der Waals surface area contributed by atoms with Gasteiger partial charge in [-0.25, -0.2) is 0 Å². The van der Waals surface area contributed by atoms with Crippen molar-refractivity contribution >= 4 is 29.1 Å². The van der Waals surface area contributed by atoms with Gasteiger partial charge in [0, 0.05) is 32.3 Å². The molecule has 23 heavy (non-hydrogen) atoms. The fraction of sp³-hybridized carbons (Fsp3) is 0.667. The lowest BCUT2D eigenvalue weighted by molar-refractivity contribution is 0.114. The Morgan fingerprint density at radius 3 is 2.91 bits per heavy atom. The van der Waals surface area contributed by atoms with Gasteiger partial charge in [-0.15, -0.1) is 0 Å². The van der Waals surface area contributed by atoms with E-state index in [4.69, 9.17) is 21.7 Å². The van der Waals surface area contributed by atoms with Crippen LogP contribution in [0.5, 0.6) is 5.88 Å². The summed E-state index contributed by atoms with van der Waals surface area (Å²) in [5, 5.41) is 6.70. The van der Waals surface area contributed by atoms with Crippen LogP contribution in [0.3, 0.4) is 0 Å². The Bertz CT molecular complexity index is 545. The van der Waals surface area contributed by atoms with Crippen molar-refractivity contribution in [1.82, 2.24) is 15.3 Å². The number of nitrogens with one attached hydrogen (secondary N) is 2. The zero-order chi connectivity index (χ0) is 16.1. The van der Waals surface area contributed by atoms with Gasteiger partial charge in [-0.1, -0.05) is 0 Å². The summed E-state index contributed by atoms with van der Waals surface area (Å²) in [6, 6.07) is 1.86. The van der Waals surface area contributed by atoms with E-state index in [2.05, 4.69) is 25.5 Å². The van der Waals surface area contributed by atoms with Crippen LogP contribution in [0.4, 0.5) is 11.8 Å². The van der Waals surface area contributed by atoms with Gasteiger partial charge >= 0.3 is 0 Å². The Kier molecular flexibility index (Phi) is 5.45. The molecule has 0 unspecified atom stereocenters. The lowest BCUT2D eigenvalue weighted by Gasteiger charge is -2.18. The van der Waals surface area contributed by atoms with Gasteiger partial charge in [-0.3, -0.25) is 0 Å². The molecule has 2 aliphatic heterocycles. The predicted octanol–water partition coefficient (Wildman–Crippen LogP) is 1.55. The topological polar surface area (TPSA) is 71.5 Å². The third-order valence-electron chi connectivity index (χ3n) is 4.07. The largest absolute Gasteiger partial charge is 0.481 e. The molecule has 2 N–H and O–H groups in total. The predicted molar refractivity (Wildman–Crippen MR) is 93.2 cm³/mol. The molecule has 126 valence electrons. The van der Waals surface area contributed by atoms with Crippen LogP contribution in [0, 0.1) is 0 Å². The number of anilines is 2. The monoisotopic (exact) mass is 337 g/mol. The summed E-state index contributed by atoms with van der Waals surface area (Å²) in [6.07, 6.45) is 4.81. The maximum absolute atomic E-state index is 5.57. The summed E-state index contributed by atoms with van der Waals surface area (Å²) in [6.45, 7) is 3.57. The molecule has 2 fully saturated rings. The van der Waals surface area contributed by atoms with Gasteiger partial charge in [-0.2, -0.15) is 9.97 Å². The first-order valence-electron chi connectivity index (χ1n) is 8.09. The number of aromatic nitrogens is 2. The van der Waals surface area contributed by atoms with Crippen LogP contribution in [-0.4, -0.2) is 54.5 Å². The Hall–Kier alpha value is -1.67. The van der Waals surface area contributed by atoms with Crippen molar-refractivity contribution in [3.8, 4) is 5.88 Å². The zero-order valence-electron chi connectivity index (χ0n) is 13.4. The second-order valence-corrected chi connectivity index (χ2v) is 6.16. The molecule has 2 saturated heterocycles. The Morgan fingerprint density at radius 2 is 2.22 bits per heavy atom. The van der Waals surface area contributed by atoms with Crippen LogP contribution in [-0.2, 0) is 4.74 Å². The van der Waals surface area contributed by atoms with Crippen LogP contribution in [0.15, 0.2) is 6.07 Å². The second kappa shape index (κ2) is 7.74. The third kappa shape index (κ3) is 4.42. The molecule has 0 saturated carbocycles. The van der Waals surface area contributed by atoms with Crippen molar-refractivity contribution in [3.63, 3.8) is 0 Å². The van der Waals surface area contributed by atoms with Gasteiger partial charge in [0.1, 0.15) is 5.82 Å². The Balaban J connectivity index is 1.61. The quantitative estimate of drug-likeness (QED) is 0.784. The zero-order valence-corrected chi connectivity index (χ0v) is 14.2. The summed E-state index contributed by atoms with van der Waals surface area (Å²) in [7, 11) is 1.61. The first-order valence-corrected chi connectivity index (χ1v) is 8.50. The van der Waals surface area contributed by atoms with E-state index in [0.29, 0.717) is 23.5 Å². The maximum Gasteiger partial charge on any atom is 0.234 e. The molecule has 1 aromatic rings. The van der Waals surface area contributed by atoms with Gasteiger partial charge in [0.2, 0.25) is 11.8 Å². The fourth-order valence-electron chi connectivity index (χ4n) is 2.84. The van der Waals surface area contributed by atoms with Gasteiger partial charge in [-0.05, 0) is 37.9 Å². The first kappa shape index (κ1) is 16.2. The van der Waals surface area contributed by atoms with Crippen LogP contribution in [0.2, 0.25) is 0 Å². The molecule has 0 amide bonds. The number of nitrogens with zero attached hydrogens (tertiary/aromatic N) is 3. The molecule has 0 spiro atoms. The fourth-order valence-corrected chi connectivity index (χ4v) is 3.01. The van der Waals surface area contributed by atoms with Crippen LogP contribution in [0.25, 0.3) is 0 Å². The number of rotatable bonds is 5. The van der Waals surface area contributed by atoms with Crippen molar-refractivity contribution in [3.05, 3.63) is 6.07 Å². The minimum atomic E-state index is 0.237. The SMILES string of the molecule is COc1cc(N2CCCC2)nc(NC(=S)NC[C@@H]2CCCO2)n1. The number of hydrogen-bond donors (Lipinski definition) is 2. The highest BCUT2D eigenvalue weighted by molar-refractivity contribution is 7.80. The highest BCUT2D eigenvalue weighted by Gasteiger charge is 2.18. The van der Waals surface area contributed by atoms with Crippen molar-refractivity contribution in [2.45, 2.75) is 31.8 Å². The molecule has 0 aliphatic carbocycles. The molecule has 0 radical (unpaired) electrons. The van der Waals surface area contributed by atoms with E-state index in [0.717, 1.165) is 38.4 Å². The van der Waals surface area contributed by atoms with Gasteiger partial charge < -0.3 is 25.0 Å². The van der Waals surface area contributed by atoms with E-state index in [-0.39, 0.29) is 6.10 Å². The second-order valence-electron chi connectivity index (χ2n) is 5.76. The number of thiocarbonyl (C=S) groups is 1. The van der Waals surface area contributed by atoms with Crippen molar-refractivity contribution < 1.29 is 9.47 Å². The molecule has 2 aliphatic rings. The lowest BCUT2D eigenvalue weighted by atomic mass is 10.2. The summed E-state index contributed by atoms with van der Waals surface area (Å²) in [5.41, 5.74) is 0. The molecule has 3 heterocycles. The summed E-state index contributed by atoms with van der Waals surface area (Å²) >= 11 is 5.32. The minimum Gasteiger partial charge on any atom is -0.481 e. The van der Waals surface area contributed by atoms with Gasteiger partial charge in [0.05, 0.1) is 13.2 Å². The number of methoxy groups -OCH3 is 1. The molecule has 3 rings (SSSR count). The highest BCUT2D eigenvalue weighted by atomic mass is 32.1. The molecular weight excluding hydrogens is 314 g/mol. The summed E-state index contributed by atoms with van der Waals surface area (Å²) < 4.78 is 10.8. The van der Waals surface area contributed by atoms with Crippen LogP contribution < -0.4 is 20.3 Å². The van der Waals surface area contributed by atoms with E-state index in [9.17, 15) is 0 Å². The van der Waals surface area contributed by atoms with Crippen molar-refractivity contribution in [2.24, 2.45) is 0 Å². The Labute approximate surface area is 141 Å². The summed E-state index contributed by atoms with van der Waals surface area (Å²) in [4.78, 5) is 11.1. The highest BCUT2D eigenvalue weighted by Crippen LogP contribution is 2.23. The normalized spacial score (nSPS) is 20.6. The van der Waals surface area contributed by atoms with Crippen molar-refractivity contribution in [1.29, 1.82) is 0 Å². The smallest absolute Gasteiger partial charge is 0.234 e. The molecule has 0 aromatic carbocycles.